The second-order valence-electron chi connectivity index (χ2n) is 10.4. The SMILES string of the molecule is CCCCOc1c(CN(C(=O)O)C(C)(C)C)n(CC(C)(C)C)c(=O)c2ccc(C=O)cc12. The second kappa shape index (κ2) is 9.76. The van der Waals surface area contributed by atoms with Gasteiger partial charge in [0.15, 0.2) is 0 Å². The lowest BCUT2D eigenvalue weighted by Crippen LogP contribution is -2.45. The summed E-state index contributed by atoms with van der Waals surface area (Å²) in [5.41, 5.74) is -0.193. The number of hydrogen-bond acceptors (Lipinski definition) is 4. The summed E-state index contributed by atoms with van der Waals surface area (Å²) in [7, 11) is 0. The molecule has 0 saturated carbocycles. The summed E-state index contributed by atoms with van der Waals surface area (Å²) in [4.78, 5) is 38.4. The molecule has 176 valence electrons. The van der Waals surface area contributed by atoms with Crippen LogP contribution in [-0.4, -0.2) is 39.1 Å². The van der Waals surface area contributed by atoms with Crippen LogP contribution in [0, 0.1) is 5.41 Å². The molecule has 0 fully saturated rings. The quantitative estimate of drug-likeness (QED) is 0.440. The molecular formula is C25H36N2O5. The maximum atomic E-state index is 13.6. The maximum Gasteiger partial charge on any atom is 0.408 e. The Kier molecular flexibility index (Phi) is 7.75. The maximum absolute atomic E-state index is 13.6. The van der Waals surface area contributed by atoms with Crippen molar-refractivity contribution in [2.24, 2.45) is 5.41 Å². The summed E-state index contributed by atoms with van der Waals surface area (Å²) in [6.45, 7) is 14.4. The molecule has 7 heteroatoms. The number of ether oxygens (including phenoxy) is 1. The van der Waals surface area contributed by atoms with E-state index in [9.17, 15) is 19.5 Å². The molecule has 2 aromatic rings. The third kappa shape index (κ3) is 5.90. The smallest absolute Gasteiger partial charge is 0.408 e. The molecular weight excluding hydrogens is 408 g/mol. The van der Waals surface area contributed by atoms with Crippen molar-refractivity contribution in [3.05, 3.63) is 39.8 Å². The molecule has 1 amide bonds. The predicted molar refractivity (Wildman–Crippen MR) is 127 cm³/mol. The van der Waals surface area contributed by atoms with Gasteiger partial charge < -0.3 is 14.4 Å². The van der Waals surface area contributed by atoms with Crippen LogP contribution in [0.4, 0.5) is 4.79 Å². The number of carboxylic acid groups (broad SMARTS) is 1. The van der Waals surface area contributed by atoms with Gasteiger partial charge in [-0.15, -0.1) is 0 Å². The number of fused-ring (bicyclic) bond motifs is 1. The fourth-order valence-corrected chi connectivity index (χ4v) is 3.58. The van der Waals surface area contributed by atoms with Crippen molar-refractivity contribution < 1.29 is 19.4 Å². The van der Waals surface area contributed by atoms with Crippen molar-refractivity contribution in [2.75, 3.05) is 6.61 Å². The number of rotatable bonds is 8. The van der Waals surface area contributed by atoms with Gasteiger partial charge in [-0.25, -0.2) is 4.79 Å². The molecule has 0 saturated heterocycles. The lowest BCUT2D eigenvalue weighted by molar-refractivity contribution is 0.0923. The molecule has 1 aromatic carbocycles. The van der Waals surface area contributed by atoms with Gasteiger partial charge in [0.2, 0.25) is 0 Å². The minimum absolute atomic E-state index is 0.00707. The van der Waals surface area contributed by atoms with Crippen LogP contribution in [0.2, 0.25) is 0 Å². The monoisotopic (exact) mass is 444 g/mol. The lowest BCUT2D eigenvalue weighted by atomic mass is 9.95. The number of hydrogen-bond donors (Lipinski definition) is 1. The molecule has 1 heterocycles. The van der Waals surface area contributed by atoms with Crippen LogP contribution in [0.15, 0.2) is 23.0 Å². The minimum atomic E-state index is -1.08. The van der Waals surface area contributed by atoms with E-state index in [1.807, 2.05) is 41.5 Å². The normalized spacial score (nSPS) is 12.1. The van der Waals surface area contributed by atoms with Crippen LogP contribution in [0.5, 0.6) is 5.75 Å². The molecule has 7 nitrogen and oxygen atoms in total. The van der Waals surface area contributed by atoms with Crippen molar-refractivity contribution in [3.63, 3.8) is 0 Å². The van der Waals surface area contributed by atoms with Crippen molar-refractivity contribution in [3.8, 4) is 5.75 Å². The zero-order valence-corrected chi connectivity index (χ0v) is 20.3. The van der Waals surface area contributed by atoms with E-state index in [4.69, 9.17) is 4.74 Å². The highest BCUT2D eigenvalue weighted by atomic mass is 16.5. The first-order valence-corrected chi connectivity index (χ1v) is 11.1. The van der Waals surface area contributed by atoms with Gasteiger partial charge in [-0.3, -0.25) is 14.5 Å². The van der Waals surface area contributed by atoms with Gasteiger partial charge >= 0.3 is 6.09 Å². The van der Waals surface area contributed by atoms with Gasteiger partial charge in [0.25, 0.3) is 5.56 Å². The number of aromatic nitrogens is 1. The van der Waals surface area contributed by atoms with E-state index in [0.717, 1.165) is 19.1 Å². The van der Waals surface area contributed by atoms with Crippen molar-refractivity contribution in [2.45, 2.75) is 79.9 Å². The standard InChI is InChI=1S/C25H36N2O5/c1-8-9-12-32-21-19-13-17(15-28)10-11-18(19)22(29)26(16-24(2,3)4)20(21)14-27(23(30)31)25(5,6)7/h10-11,13,15H,8-9,12,14,16H2,1-7H3,(H,30,31). The van der Waals surface area contributed by atoms with Crippen LogP contribution in [0.25, 0.3) is 10.8 Å². The van der Waals surface area contributed by atoms with Gasteiger partial charge in [-0.2, -0.15) is 0 Å². The van der Waals surface area contributed by atoms with Crippen molar-refractivity contribution in [1.29, 1.82) is 0 Å². The number of benzene rings is 1. The lowest BCUT2D eigenvalue weighted by Gasteiger charge is -2.35. The first-order chi connectivity index (χ1) is 14.8. The zero-order valence-electron chi connectivity index (χ0n) is 20.3. The van der Waals surface area contributed by atoms with Gasteiger partial charge in [0, 0.05) is 23.0 Å². The third-order valence-electron chi connectivity index (χ3n) is 5.21. The topological polar surface area (TPSA) is 88.8 Å². The first-order valence-electron chi connectivity index (χ1n) is 11.1. The van der Waals surface area contributed by atoms with Gasteiger partial charge in [-0.1, -0.05) is 40.2 Å². The van der Waals surface area contributed by atoms with E-state index in [-0.39, 0.29) is 17.5 Å². The van der Waals surface area contributed by atoms with Gasteiger partial charge in [-0.05, 0) is 44.7 Å². The summed E-state index contributed by atoms with van der Waals surface area (Å²) < 4.78 is 7.84. The fourth-order valence-electron chi connectivity index (χ4n) is 3.58. The molecule has 0 aliphatic carbocycles. The van der Waals surface area contributed by atoms with Crippen LogP contribution >= 0.6 is 0 Å². The highest BCUT2D eigenvalue weighted by Gasteiger charge is 2.30. The van der Waals surface area contributed by atoms with E-state index in [1.165, 1.54) is 4.90 Å². The van der Waals surface area contributed by atoms with E-state index in [0.29, 0.717) is 40.9 Å². The Bertz CT molecular complexity index is 1040. The molecule has 0 radical (unpaired) electrons. The minimum Gasteiger partial charge on any atom is -0.491 e. The molecule has 0 aliphatic rings. The number of carbonyl (C=O) groups excluding carboxylic acids is 1. The molecule has 0 atom stereocenters. The average molecular weight is 445 g/mol. The third-order valence-corrected chi connectivity index (χ3v) is 5.21. The number of aldehydes is 1. The van der Waals surface area contributed by atoms with Crippen LogP contribution in [0.1, 0.15) is 77.4 Å². The molecule has 2 rings (SSSR count). The molecule has 32 heavy (non-hydrogen) atoms. The van der Waals surface area contributed by atoms with E-state index in [1.54, 1.807) is 22.8 Å². The summed E-state index contributed by atoms with van der Waals surface area (Å²) in [5.74, 6) is 0.469. The Balaban J connectivity index is 2.91. The first kappa shape index (κ1) is 25.4. The summed E-state index contributed by atoms with van der Waals surface area (Å²) in [6, 6.07) is 4.92. The molecule has 0 aliphatic heterocycles. The van der Waals surface area contributed by atoms with E-state index in [2.05, 4.69) is 6.92 Å². The van der Waals surface area contributed by atoms with E-state index >= 15 is 0 Å². The fraction of sp³-hybridized carbons (Fsp3) is 0.560. The summed E-state index contributed by atoms with van der Waals surface area (Å²) >= 11 is 0. The predicted octanol–water partition coefficient (Wildman–Crippen LogP) is 5.32. The molecule has 1 N–H and O–H groups in total. The number of amides is 1. The number of pyridine rings is 1. The Labute approximate surface area is 190 Å². The van der Waals surface area contributed by atoms with Crippen molar-refractivity contribution >= 4 is 23.2 Å². The summed E-state index contributed by atoms with van der Waals surface area (Å²) in [6.07, 6.45) is 1.40. The molecule has 0 unspecified atom stereocenters. The Morgan fingerprint density at radius 3 is 2.31 bits per heavy atom. The second-order valence-corrected chi connectivity index (χ2v) is 10.4. The van der Waals surface area contributed by atoms with E-state index < -0.39 is 11.6 Å². The Morgan fingerprint density at radius 1 is 1.16 bits per heavy atom. The van der Waals surface area contributed by atoms with Crippen molar-refractivity contribution in [1.82, 2.24) is 9.47 Å². The average Bonchev–Trinajstić information content (AvgIpc) is 2.67. The molecule has 0 spiro atoms. The molecule has 0 bridgehead atoms. The number of carbonyl (C=O) groups is 2. The number of nitrogens with zero attached hydrogens (tertiary/aromatic N) is 2. The highest BCUT2D eigenvalue weighted by molar-refractivity contribution is 5.93. The summed E-state index contributed by atoms with van der Waals surface area (Å²) in [5, 5.41) is 10.9. The van der Waals surface area contributed by atoms with Gasteiger partial charge in [0.05, 0.1) is 24.2 Å². The van der Waals surface area contributed by atoms with Crippen LogP contribution in [0.3, 0.4) is 0 Å². The van der Waals surface area contributed by atoms with Gasteiger partial charge in [0.1, 0.15) is 12.0 Å². The largest absolute Gasteiger partial charge is 0.491 e. The van der Waals surface area contributed by atoms with Crippen LogP contribution in [-0.2, 0) is 13.1 Å². The highest BCUT2D eigenvalue weighted by Crippen LogP contribution is 2.33. The zero-order chi connectivity index (χ0) is 24.3. The number of unbranched alkanes of at least 4 members (excludes halogenated alkanes) is 1. The Morgan fingerprint density at radius 2 is 1.81 bits per heavy atom. The molecule has 1 aromatic heterocycles. The Hall–Kier alpha value is -2.83. The van der Waals surface area contributed by atoms with Crippen LogP contribution < -0.4 is 10.3 Å².